The molecule has 3 N–H and O–H groups in total. The van der Waals surface area contributed by atoms with Crippen LogP contribution in [0.2, 0.25) is 0 Å². The maximum absolute atomic E-state index is 8.88. The first-order valence-electron chi connectivity index (χ1n) is 9.53. The van der Waals surface area contributed by atoms with E-state index in [0.717, 1.165) is 37.0 Å². The minimum absolute atomic E-state index is 0. The Hall–Kier alpha value is -1.22. The highest BCUT2D eigenvalue weighted by Gasteiger charge is 2.06. The lowest BCUT2D eigenvalue weighted by molar-refractivity contribution is 0.196. The van der Waals surface area contributed by atoms with Gasteiger partial charge in [-0.15, -0.1) is 24.0 Å². The Labute approximate surface area is 181 Å². The molecule has 1 aromatic carbocycles. The van der Waals surface area contributed by atoms with Gasteiger partial charge in [0.2, 0.25) is 0 Å². The van der Waals surface area contributed by atoms with Crippen LogP contribution in [0, 0.1) is 5.92 Å². The van der Waals surface area contributed by atoms with Crippen molar-refractivity contribution in [1.82, 2.24) is 10.6 Å². The van der Waals surface area contributed by atoms with E-state index >= 15 is 0 Å². The number of aliphatic imine (C=N–C) groups is 1. The van der Waals surface area contributed by atoms with E-state index in [1.54, 1.807) is 7.11 Å². The molecule has 0 saturated carbocycles. The minimum atomic E-state index is -0.0237. The van der Waals surface area contributed by atoms with E-state index in [-0.39, 0.29) is 37.2 Å². The van der Waals surface area contributed by atoms with E-state index in [1.165, 1.54) is 12.8 Å². The van der Waals surface area contributed by atoms with Crippen molar-refractivity contribution in [2.24, 2.45) is 10.9 Å². The number of nitrogens with zero attached hydrogens (tertiary/aromatic N) is 1. The molecule has 156 valence electrons. The van der Waals surface area contributed by atoms with Gasteiger partial charge in [-0.05, 0) is 37.0 Å². The molecule has 0 aromatic heterocycles. The van der Waals surface area contributed by atoms with Crippen LogP contribution in [-0.4, -0.2) is 44.5 Å². The smallest absolute Gasteiger partial charge is 0.191 e. The van der Waals surface area contributed by atoms with Crippen LogP contribution in [0.25, 0.3) is 0 Å². The van der Waals surface area contributed by atoms with Gasteiger partial charge in [0, 0.05) is 13.1 Å². The van der Waals surface area contributed by atoms with Gasteiger partial charge in [0.05, 0.1) is 20.3 Å². The van der Waals surface area contributed by atoms with Crippen LogP contribution in [0.4, 0.5) is 0 Å². The minimum Gasteiger partial charge on any atom is -0.493 e. The molecule has 0 aliphatic rings. The van der Waals surface area contributed by atoms with Crippen LogP contribution in [0.1, 0.15) is 45.6 Å². The van der Waals surface area contributed by atoms with Crippen molar-refractivity contribution in [3.63, 3.8) is 0 Å². The summed E-state index contributed by atoms with van der Waals surface area (Å²) in [5.74, 6) is 2.87. The first-order valence-corrected chi connectivity index (χ1v) is 9.53. The third-order valence-corrected chi connectivity index (χ3v) is 3.84. The van der Waals surface area contributed by atoms with E-state index < -0.39 is 0 Å². The lowest BCUT2D eigenvalue weighted by atomic mass is 10.1. The van der Waals surface area contributed by atoms with Gasteiger partial charge in [0.15, 0.2) is 17.5 Å². The summed E-state index contributed by atoms with van der Waals surface area (Å²) < 4.78 is 10.8. The Morgan fingerprint density at radius 3 is 2.59 bits per heavy atom. The fourth-order valence-electron chi connectivity index (χ4n) is 2.48. The predicted octanol–water partition coefficient (Wildman–Crippen LogP) is 3.57. The molecular formula is C20H36IN3O3. The summed E-state index contributed by atoms with van der Waals surface area (Å²) in [6.07, 6.45) is 3.64. The van der Waals surface area contributed by atoms with Gasteiger partial charge in [0.1, 0.15) is 6.61 Å². The van der Waals surface area contributed by atoms with Gasteiger partial charge >= 0.3 is 0 Å². The van der Waals surface area contributed by atoms with Crippen molar-refractivity contribution >= 4 is 29.9 Å². The number of benzene rings is 1. The number of methoxy groups -OCH3 is 1. The number of unbranched alkanes of at least 4 members (excludes halogenated alkanes) is 1. The number of rotatable bonds is 12. The highest BCUT2D eigenvalue weighted by Crippen LogP contribution is 2.28. The van der Waals surface area contributed by atoms with Crippen molar-refractivity contribution in [3.05, 3.63) is 23.8 Å². The monoisotopic (exact) mass is 493 g/mol. The second kappa shape index (κ2) is 15.8. The maximum atomic E-state index is 8.88. The molecule has 0 aliphatic heterocycles. The summed E-state index contributed by atoms with van der Waals surface area (Å²) in [4.78, 5) is 4.64. The third kappa shape index (κ3) is 11.3. The van der Waals surface area contributed by atoms with E-state index in [9.17, 15) is 0 Å². The molecule has 0 atom stereocenters. The zero-order valence-corrected chi connectivity index (χ0v) is 19.4. The second-order valence-electron chi connectivity index (χ2n) is 6.57. The van der Waals surface area contributed by atoms with Crippen LogP contribution in [0.3, 0.4) is 0 Å². The number of nitrogens with one attached hydrogen (secondary N) is 2. The van der Waals surface area contributed by atoms with Crippen LogP contribution < -0.4 is 20.1 Å². The Bertz CT molecular complexity index is 539. The van der Waals surface area contributed by atoms with Crippen LogP contribution >= 0.6 is 24.0 Å². The summed E-state index contributed by atoms with van der Waals surface area (Å²) in [7, 11) is 1.61. The second-order valence-corrected chi connectivity index (χ2v) is 6.57. The number of hydrogen-bond donors (Lipinski definition) is 3. The van der Waals surface area contributed by atoms with Gasteiger partial charge in [-0.2, -0.15) is 0 Å². The molecule has 0 saturated heterocycles. The number of aliphatic hydroxyl groups is 1. The molecule has 6 nitrogen and oxygen atoms in total. The van der Waals surface area contributed by atoms with Crippen molar-refractivity contribution in [3.8, 4) is 11.5 Å². The Morgan fingerprint density at radius 1 is 1.19 bits per heavy atom. The summed E-state index contributed by atoms with van der Waals surface area (Å²) in [5.41, 5.74) is 1.04. The van der Waals surface area contributed by atoms with Crippen molar-refractivity contribution < 1.29 is 14.6 Å². The quantitative estimate of drug-likeness (QED) is 0.180. The molecule has 0 heterocycles. The maximum Gasteiger partial charge on any atom is 0.191 e. The molecule has 0 amide bonds. The predicted molar refractivity (Wildman–Crippen MR) is 122 cm³/mol. The standard InChI is InChI=1S/C20H35N3O3.HI/c1-5-21-20(22-11-7-6-8-16(2)3)23-15-17-9-10-18(26-13-12-24)19(14-17)25-4;/h9-10,14,16,24H,5-8,11-13,15H2,1-4H3,(H2,21,22,23);1H. The normalized spacial score (nSPS) is 11.1. The van der Waals surface area contributed by atoms with Gasteiger partial charge in [-0.1, -0.05) is 32.8 Å². The summed E-state index contributed by atoms with van der Waals surface area (Å²) >= 11 is 0. The topological polar surface area (TPSA) is 75.1 Å². The van der Waals surface area contributed by atoms with Gasteiger partial charge in [-0.3, -0.25) is 0 Å². The largest absolute Gasteiger partial charge is 0.493 e. The van der Waals surface area contributed by atoms with E-state index in [0.29, 0.717) is 18.0 Å². The molecule has 7 heteroatoms. The molecular weight excluding hydrogens is 457 g/mol. The van der Waals surface area contributed by atoms with Crippen molar-refractivity contribution in [2.45, 2.75) is 46.6 Å². The van der Waals surface area contributed by atoms with Gasteiger partial charge < -0.3 is 25.2 Å². The average Bonchev–Trinajstić information content (AvgIpc) is 2.64. The SMILES string of the molecule is CCNC(=NCc1ccc(OCCO)c(OC)c1)NCCCCC(C)C.I. The fraction of sp³-hybridized carbons (Fsp3) is 0.650. The first-order chi connectivity index (χ1) is 12.6. The van der Waals surface area contributed by atoms with Crippen molar-refractivity contribution in [1.29, 1.82) is 0 Å². The summed E-state index contributed by atoms with van der Waals surface area (Å²) in [5, 5.41) is 15.5. The number of aliphatic hydroxyl groups excluding tert-OH is 1. The molecule has 0 radical (unpaired) electrons. The molecule has 1 aromatic rings. The summed E-state index contributed by atoms with van der Waals surface area (Å²) in [6, 6.07) is 5.74. The molecule has 0 spiro atoms. The highest BCUT2D eigenvalue weighted by molar-refractivity contribution is 14.0. The zero-order chi connectivity index (χ0) is 19.2. The van der Waals surface area contributed by atoms with Crippen LogP contribution in [0.15, 0.2) is 23.2 Å². The van der Waals surface area contributed by atoms with Crippen LogP contribution in [0.5, 0.6) is 11.5 Å². The van der Waals surface area contributed by atoms with Gasteiger partial charge in [-0.25, -0.2) is 4.99 Å². The van der Waals surface area contributed by atoms with E-state index in [4.69, 9.17) is 14.6 Å². The number of halogens is 1. The Balaban J connectivity index is 0.00000676. The first kappa shape index (κ1) is 25.8. The molecule has 1 rings (SSSR count). The molecule has 0 fully saturated rings. The average molecular weight is 493 g/mol. The number of guanidine groups is 1. The molecule has 0 bridgehead atoms. The van der Waals surface area contributed by atoms with E-state index in [1.807, 2.05) is 18.2 Å². The molecule has 0 aliphatic carbocycles. The lowest BCUT2D eigenvalue weighted by Gasteiger charge is -2.13. The summed E-state index contributed by atoms with van der Waals surface area (Å²) in [6.45, 7) is 9.11. The highest BCUT2D eigenvalue weighted by atomic mass is 127. The Morgan fingerprint density at radius 2 is 1.96 bits per heavy atom. The fourth-order valence-corrected chi connectivity index (χ4v) is 2.48. The van der Waals surface area contributed by atoms with E-state index in [2.05, 4.69) is 36.4 Å². The number of hydrogen-bond acceptors (Lipinski definition) is 4. The van der Waals surface area contributed by atoms with Gasteiger partial charge in [0.25, 0.3) is 0 Å². The molecule has 27 heavy (non-hydrogen) atoms. The molecule has 0 unspecified atom stereocenters. The zero-order valence-electron chi connectivity index (χ0n) is 17.1. The Kier molecular flexibility index (Phi) is 15.1. The van der Waals surface area contributed by atoms with Crippen LogP contribution in [-0.2, 0) is 6.54 Å². The number of ether oxygens (including phenoxy) is 2. The lowest BCUT2D eigenvalue weighted by Crippen LogP contribution is -2.37. The van der Waals surface area contributed by atoms with Crippen molar-refractivity contribution in [2.75, 3.05) is 33.4 Å². The third-order valence-electron chi connectivity index (χ3n) is 3.84.